The van der Waals surface area contributed by atoms with Crippen LogP contribution in [0.1, 0.15) is 90.0 Å². The van der Waals surface area contributed by atoms with Crippen molar-refractivity contribution in [2.75, 3.05) is 20.1 Å². The van der Waals surface area contributed by atoms with E-state index in [0.717, 1.165) is 23.1 Å². The van der Waals surface area contributed by atoms with Crippen molar-refractivity contribution in [3.8, 4) is 5.75 Å². The molecule has 0 bridgehead atoms. The normalized spacial score (nSPS) is 20.6. The molecule has 1 N–H and O–H groups in total. The Labute approximate surface area is 279 Å². The predicted molar refractivity (Wildman–Crippen MR) is 174 cm³/mol. The van der Waals surface area contributed by atoms with E-state index in [9.17, 15) is 24.0 Å². The third kappa shape index (κ3) is 6.31. The van der Waals surface area contributed by atoms with Crippen LogP contribution in [0.4, 0.5) is 4.79 Å². The van der Waals surface area contributed by atoms with E-state index in [1.807, 2.05) is 12.1 Å². The number of carbonyl (C=O) groups excluding carboxylic acids is 5. The molecule has 48 heavy (non-hydrogen) atoms. The minimum Gasteiger partial charge on any atom is -0.487 e. The smallest absolute Gasteiger partial charge is 0.435 e. The number of hydrogen-bond donors (Lipinski definition) is 1. The fraction of sp³-hybridized carbons (Fsp3) is 0.444. The van der Waals surface area contributed by atoms with Crippen LogP contribution < -0.4 is 10.1 Å². The van der Waals surface area contributed by atoms with Gasteiger partial charge in [0.1, 0.15) is 18.0 Å². The second-order valence-electron chi connectivity index (χ2n) is 13.5. The number of amides is 4. The molecule has 12 nitrogen and oxygen atoms in total. The maximum absolute atomic E-state index is 14.5. The lowest BCUT2D eigenvalue weighted by Gasteiger charge is -2.42. The zero-order valence-electron chi connectivity index (χ0n) is 27.7. The Morgan fingerprint density at radius 3 is 2.29 bits per heavy atom. The second kappa shape index (κ2) is 13.2. The quantitative estimate of drug-likeness (QED) is 0.367. The van der Waals surface area contributed by atoms with Crippen LogP contribution >= 0.6 is 0 Å². The van der Waals surface area contributed by atoms with Gasteiger partial charge < -0.3 is 19.7 Å². The van der Waals surface area contributed by atoms with Crippen molar-refractivity contribution in [2.45, 2.75) is 71.1 Å². The number of benzene rings is 2. The van der Waals surface area contributed by atoms with Crippen LogP contribution in [-0.2, 0) is 27.4 Å². The van der Waals surface area contributed by atoms with Crippen molar-refractivity contribution >= 4 is 29.7 Å². The van der Waals surface area contributed by atoms with Gasteiger partial charge in [-0.25, -0.2) is 4.79 Å². The summed E-state index contributed by atoms with van der Waals surface area (Å²) in [6.07, 6.45) is 4.25. The molecule has 0 spiro atoms. The maximum Gasteiger partial charge on any atom is 0.435 e. The van der Waals surface area contributed by atoms with Crippen LogP contribution in [0.3, 0.4) is 0 Å². The summed E-state index contributed by atoms with van der Waals surface area (Å²) in [6, 6.07) is 13.2. The minimum absolute atomic E-state index is 0.0370. The van der Waals surface area contributed by atoms with Crippen molar-refractivity contribution < 1.29 is 33.4 Å². The molecule has 3 heterocycles. The van der Waals surface area contributed by atoms with Crippen LogP contribution in [0.2, 0.25) is 0 Å². The van der Waals surface area contributed by atoms with Crippen LogP contribution in [0.25, 0.3) is 0 Å². The molecule has 2 aromatic carbocycles. The molecule has 6 rings (SSSR count). The molecule has 3 aliphatic rings. The van der Waals surface area contributed by atoms with Gasteiger partial charge in [0.15, 0.2) is 0 Å². The summed E-state index contributed by atoms with van der Waals surface area (Å²) in [4.78, 5) is 70.3. The third-order valence-electron chi connectivity index (χ3n) is 9.33. The Kier molecular flexibility index (Phi) is 9.09. The van der Waals surface area contributed by atoms with Gasteiger partial charge in [-0.15, -0.1) is 0 Å². The first-order chi connectivity index (χ1) is 23.0. The Morgan fingerprint density at radius 2 is 1.62 bits per heavy atom. The molecule has 0 radical (unpaired) electrons. The first-order valence-electron chi connectivity index (χ1n) is 16.5. The fourth-order valence-electron chi connectivity index (χ4n) is 7.10. The number of nitrogens with one attached hydrogen (secondary N) is 1. The molecule has 1 aliphatic carbocycles. The topological polar surface area (TPSA) is 140 Å². The third-order valence-corrected chi connectivity index (χ3v) is 9.33. The van der Waals surface area contributed by atoms with Gasteiger partial charge in [-0.1, -0.05) is 37.1 Å². The van der Waals surface area contributed by atoms with Crippen molar-refractivity contribution in [3.63, 3.8) is 0 Å². The lowest BCUT2D eigenvalue weighted by molar-refractivity contribution is -0.146. The van der Waals surface area contributed by atoms with Gasteiger partial charge in [0.05, 0.1) is 35.6 Å². The Morgan fingerprint density at radius 1 is 0.938 bits per heavy atom. The highest BCUT2D eigenvalue weighted by molar-refractivity contribution is 6.21. The van der Waals surface area contributed by atoms with Gasteiger partial charge in [0.25, 0.3) is 11.8 Å². The lowest BCUT2D eigenvalue weighted by Crippen LogP contribution is -2.51. The van der Waals surface area contributed by atoms with Crippen molar-refractivity contribution in [1.82, 2.24) is 24.9 Å². The van der Waals surface area contributed by atoms with Crippen LogP contribution in [-0.4, -0.2) is 75.0 Å². The summed E-state index contributed by atoms with van der Waals surface area (Å²) >= 11 is 0. The van der Waals surface area contributed by atoms with E-state index in [4.69, 9.17) is 9.47 Å². The van der Waals surface area contributed by atoms with E-state index in [1.54, 1.807) is 69.1 Å². The van der Waals surface area contributed by atoms with Gasteiger partial charge in [-0.2, -0.15) is 9.78 Å². The highest BCUT2D eigenvalue weighted by Crippen LogP contribution is 2.41. The molecular formula is C36H41N5O7. The van der Waals surface area contributed by atoms with Crippen molar-refractivity contribution in [2.24, 2.45) is 11.8 Å². The van der Waals surface area contributed by atoms with Gasteiger partial charge in [-0.05, 0) is 69.9 Å². The maximum atomic E-state index is 14.5. The highest BCUT2D eigenvalue weighted by atomic mass is 16.6. The molecule has 2 aliphatic heterocycles. The Hall–Kier alpha value is -5.00. The number of carbonyl (C=O) groups is 5. The van der Waals surface area contributed by atoms with Crippen LogP contribution in [0, 0.1) is 11.8 Å². The second-order valence-corrected chi connectivity index (χ2v) is 13.5. The van der Waals surface area contributed by atoms with Crippen LogP contribution in [0.15, 0.2) is 54.7 Å². The Balaban J connectivity index is 1.35. The summed E-state index contributed by atoms with van der Waals surface area (Å²) in [6.45, 7) is 5.54. The van der Waals surface area contributed by atoms with Gasteiger partial charge >= 0.3 is 6.09 Å². The number of nitrogens with zero attached hydrogens (tertiary/aromatic N) is 4. The van der Waals surface area contributed by atoms with E-state index in [0.29, 0.717) is 53.9 Å². The van der Waals surface area contributed by atoms with E-state index in [1.165, 1.54) is 11.1 Å². The average molecular weight is 656 g/mol. The number of ether oxygens (including phenoxy) is 2. The summed E-state index contributed by atoms with van der Waals surface area (Å²) in [7, 11) is 1.58. The summed E-state index contributed by atoms with van der Waals surface area (Å²) < 4.78 is 13.0. The summed E-state index contributed by atoms with van der Waals surface area (Å²) in [5, 5.41) is 6.86. The van der Waals surface area contributed by atoms with Crippen LogP contribution in [0.5, 0.6) is 5.75 Å². The van der Waals surface area contributed by atoms with E-state index >= 15 is 0 Å². The molecule has 0 saturated heterocycles. The molecular weight excluding hydrogens is 614 g/mol. The molecule has 1 saturated carbocycles. The number of imide groups is 1. The number of rotatable bonds is 7. The number of aromatic nitrogens is 2. The molecule has 12 heteroatoms. The standard InChI is InChI=1S/C36H41N5O7/c1-36(2,3)48-35(46)41-23(16-18-38-41)21-47-29-15-9-10-22-17-19-39(32(43)25-12-6-5-11-24(25)31(42)37-4)28(30(22)29)20-40-33(44)26-13-7-8-14-27(26)34(40)45/h7-10,13-16,18,24-25,28H,5-6,11-12,17,19-21H2,1-4H3,(H,37,42)/t24-,25+,28+/m0/s1. The monoisotopic (exact) mass is 655 g/mol. The molecule has 1 fully saturated rings. The van der Waals surface area contributed by atoms with E-state index < -0.39 is 41.4 Å². The van der Waals surface area contributed by atoms with E-state index in [2.05, 4.69) is 10.4 Å². The predicted octanol–water partition coefficient (Wildman–Crippen LogP) is 4.52. The average Bonchev–Trinajstić information content (AvgIpc) is 3.65. The molecule has 3 atom stereocenters. The molecule has 4 amide bonds. The zero-order valence-corrected chi connectivity index (χ0v) is 27.7. The van der Waals surface area contributed by atoms with Gasteiger partial charge in [-0.3, -0.25) is 24.1 Å². The first-order valence-corrected chi connectivity index (χ1v) is 16.5. The fourth-order valence-corrected chi connectivity index (χ4v) is 7.10. The molecule has 0 unspecified atom stereocenters. The van der Waals surface area contributed by atoms with E-state index in [-0.39, 0.29) is 25.0 Å². The molecule has 252 valence electrons. The minimum atomic E-state index is -0.734. The summed E-state index contributed by atoms with van der Waals surface area (Å²) in [5.41, 5.74) is 1.99. The highest BCUT2D eigenvalue weighted by Gasteiger charge is 2.45. The zero-order chi connectivity index (χ0) is 34.2. The van der Waals surface area contributed by atoms with Crippen molar-refractivity contribution in [3.05, 3.63) is 82.7 Å². The van der Waals surface area contributed by atoms with Gasteiger partial charge in [0, 0.05) is 31.0 Å². The summed E-state index contributed by atoms with van der Waals surface area (Å²) in [5.74, 6) is -1.71. The first kappa shape index (κ1) is 32.9. The molecule has 1 aromatic heterocycles. The lowest BCUT2D eigenvalue weighted by atomic mass is 9.77. The molecule has 3 aromatic rings. The van der Waals surface area contributed by atoms with Gasteiger partial charge in [0.2, 0.25) is 11.8 Å². The number of fused-ring (bicyclic) bond motifs is 2. The number of hydrogen-bond acceptors (Lipinski definition) is 8. The SMILES string of the molecule is CNC(=O)[C@H]1CCCC[C@H]1C(=O)N1CCc2cccc(OCc3ccnn3C(=O)OC(C)(C)C)c2[C@H]1CN1C(=O)c2ccccc2C1=O. The van der Waals surface area contributed by atoms with Crippen molar-refractivity contribution in [1.29, 1.82) is 0 Å². The Bertz CT molecular complexity index is 1720. The largest absolute Gasteiger partial charge is 0.487 e.